The molecule has 0 atom stereocenters. The molecule has 2 aromatic rings. The van der Waals surface area contributed by atoms with E-state index < -0.39 is 0 Å². The van der Waals surface area contributed by atoms with Crippen molar-refractivity contribution >= 4 is 34.7 Å². The number of benzene rings is 1. The number of hydrogen-bond donors (Lipinski definition) is 0. The summed E-state index contributed by atoms with van der Waals surface area (Å²) in [5, 5.41) is 1.15. The molecule has 0 saturated heterocycles. The summed E-state index contributed by atoms with van der Waals surface area (Å²) in [6, 6.07) is 5.31. The van der Waals surface area contributed by atoms with Crippen LogP contribution in [-0.4, -0.2) is 16.7 Å². The van der Waals surface area contributed by atoms with E-state index in [4.69, 9.17) is 27.9 Å². The minimum atomic E-state index is 0.554. The number of hydrogen-bond acceptors (Lipinski definition) is 2. The molecule has 3 nitrogen and oxygen atoms in total. The summed E-state index contributed by atoms with van der Waals surface area (Å²) >= 11 is 12.1. The highest BCUT2D eigenvalue weighted by atomic mass is 35.5. The van der Waals surface area contributed by atoms with Gasteiger partial charge in [-0.2, -0.15) is 0 Å². The average Bonchev–Trinajstić information content (AvgIpc) is 2.86. The van der Waals surface area contributed by atoms with Gasteiger partial charge in [-0.25, -0.2) is 4.98 Å². The lowest BCUT2D eigenvalue weighted by Gasteiger charge is -2.13. The number of aromatic nitrogens is 2. The molecular weight excluding hydrogens is 271 g/mol. The predicted molar refractivity (Wildman–Crippen MR) is 74.5 cm³/mol. The maximum atomic E-state index is 6.19. The van der Waals surface area contributed by atoms with Crippen molar-refractivity contribution in [2.45, 2.75) is 6.92 Å². The molecule has 0 unspecified atom stereocenters. The van der Waals surface area contributed by atoms with E-state index in [9.17, 15) is 0 Å². The zero-order valence-electron chi connectivity index (χ0n) is 10.0. The lowest BCUT2D eigenvalue weighted by atomic mass is 10.1. The SMILES string of the molecule is CO/C(=C(\C)n1ccnc1)c1ccc(Cl)cc1Cl. The van der Waals surface area contributed by atoms with Crippen molar-refractivity contribution in [1.82, 2.24) is 9.55 Å². The van der Waals surface area contributed by atoms with Crippen molar-refractivity contribution in [3.05, 3.63) is 52.5 Å². The van der Waals surface area contributed by atoms with Crippen LogP contribution in [0.4, 0.5) is 0 Å². The maximum Gasteiger partial charge on any atom is 0.147 e. The van der Waals surface area contributed by atoms with E-state index in [1.165, 1.54) is 0 Å². The molecule has 0 N–H and O–H groups in total. The van der Waals surface area contributed by atoms with Crippen LogP contribution in [0.3, 0.4) is 0 Å². The number of rotatable bonds is 3. The molecule has 0 bridgehead atoms. The van der Waals surface area contributed by atoms with Gasteiger partial charge in [-0.15, -0.1) is 0 Å². The van der Waals surface area contributed by atoms with Gasteiger partial charge in [0.15, 0.2) is 0 Å². The average molecular weight is 283 g/mol. The van der Waals surface area contributed by atoms with E-state index in [1.807, 2.05) is 23.8 Å². The van der Waals surface area contributed by atoms with Gasteiger partial charge in [0.1, 0.15) is 5.76 Å². The summed E-state index contributed by atoms with van der Waals surface area (Å²) < 4.78 is 7.31. The number of allylic oxidation sites excluding steroid dienone is 1. The second-order valence-electron chi connectivity index (χ2n) is 3.71. The van der Waals surface area contributed by atoms with Gasteiger partial charge in [-0.1, -0.05) is 23.2 Å². The van der Waals surface area contributed by atoms with Crippen molar-refractivity contribution in [3.8, 4) is 0 Å². The van der Waals surface area contributed by atoms with E-state index >= 15 is 0 Å². The van der Waals surface area contributed by atoms with Crippen molar-refractivity contribution < 1.29 is 4.74 Å². The highest BCUT2D eigenvalue weighted by molar-refractivity contribution is 6.35. The van der Waals surface area contributed by atoms with Crippen molar-refractivity contribution in [2.24, 2.45) is 0 Å². The van der Waals surface area contributed by atoms with Crippen LogP contribution in [0.5, 0.6) is 0 Å². The fourth-order valence-electron chi connectivity index (χ4n) is 1.70. The van der Waals surface area contributed by atoms with Crippen LogP contribution in [0, 0.1) is 0 Å². The monoisotopic (exact) mass is 282 g/mol. The number of imidazole rings is 1. The molecule has 1 heterocycles. The molecule has 0 aliphatic carbocycles. The summed E-state index contributed by atoms with van der Waals surface area (Å²) in [7, 11) is 1.61. The van der Waals surface area contributed by atoms with Gasteiger partial charge in [0.05, 0.1) is 24.2 Å². The minimum absolute atomic E-state index is 0.554. The molecule has 0 amide bonds. The Morgan fingerprint density at radius 2 is 2.11 bits per heavy atom. The maximum absolute atomic E-state index is 6.19. The highest BCUT2D eigenvalue weighted by Gasteiger charge is 2.12. The van der Waals surface area contributed by atoms with Crippen molar-refractivity contribution in [2.75, 3.05) is 7.11 Å². The molecule has 0 saturated carbocycles. The molecule has 0 spiro atoms. The van der Waals surface area contributed by atoms with Gasteiger partial charge in [0.2, 0.25) is 0 Å². The summed E-state index contributed by atoms with van der Waals surface area (Å²) in [6.45, 7) is 1.94. The Hall–Kier alpha value is -1.45. The summed E-state index contributed by atoms with van der Waals surface area (Å²) in [4.78, 5) is 4.01. The van der Waals surface area contributed by atoms with E-state index in [2.05, 4.69) is 4.98 Å². The van der Waals surface area contributed by atoms with Gasteiger partial charge < -0.3 is 9.30 Å². The van der Waals surface area contributed by atoms with Crippen LogP contribution in [0.15, 0.2) is 36.9 Å². The first-order valence-corrected chi connectivity index (χ1v) is 6.07. The van der Waals surface area contributed by atoms with Gasteiger partial charge in [-0.3, -0.25) is 0 Å². The van der Waals surface area contributed by atoms with Crippen LogP contribution >= 0.6 is 23.2 Å². The lowest BCUT2D eigenvalue weighted by Crippen LogP contribution is -1.98. The first kappa shape index (κ1) is 13.0. The highest BCUT2D eigenvalue weighted by Crippen LogP contribution is 2.30. The van der Waals surface area contributed by atoms with Crippen molar-refractivity contribution in [1.29, 1.82) is 0 Å². The van der Waals surface area contributed by atoms with Gasteiger partial charge >= 0.3 is 0 Å². The van der Waals surface area contributed by atoms with E-state index in [1.54, 1.807) is 31.8 Å². The molecule has 0 fully saturated rings. The number of ether oxygens (including phenoxy) is 1. The first-order chi connectivity index (χ1) is 8.63. The Balaban J connectivity index is 2.54. The predicted octanol–water partition coefficient (Wildman–Crippen LogP) is 4.18. The molecule has 5 heteroatoms. The summed E-state index contributed by atoms with van der Waals surface area (Å²) in [5.74, 6) is 0.690. The number of methoxy groups -OCH3 is 1. The Labute approximate surface area is 116 Å². The smallest absolute Gasteiger partial charge is 0.147 e. The molecular formula is C13H12Cl2N2O. The van der Waals surface area contributed by atoms with Gasteiger partial charge in [0.25, 0.3) is 0 Å². The molecule has 18 heavy (non-hydrogen) atoms. The van der Waals surface area contributed by atoms with Crippen molar-refractivity contribution in [3.63, 3.8) is 0 Å². The summed E-state index contributed by atoms with van der Waals surface area (Å²) in [6.07, 6.45) is 5.26. The fraction of sp³-hybridized carbons (Fsp3) is 0.154. The van der Waals surface area contributed by atoms with Crippen LogP contribution in [0.1, 0.15) is 12.5 Å². The number of nitrogens with zero attached hydrogens (tertiary/aromatic N) is 2. The standard InChI is InChI=1S/C13H12Cl2N2O/c1-9(17-6-5-16-8-17)13(18-2)11-4-3-10(14)7-12(11)15/h3-8H,1-2H3/b13-9+. The molecule has 1 aromatic carbocycles. The summed E-state index contributed by atoms with van der Waals surface area (Å²) in [5.41, 5.74) is 1.70. The Morgan fingerprint density at radius 1 is 1.33 bits per heavy atom. The largest absolute Gasteiger partial charge is 0.494 e. The molecule has 0 aliphatic rings. The topological polar surface area (TPSA) is 27.1 Å². The molecule has 1 aromatic heterocycles. The quantitative estimate of drug-likeness (QED) is 0.790. The second kappa shape index (κ2) is 5.46. The van der Waals surface area contributed by atoms with Crippen LogP contribution in [-0.2, 0) is 4.74 Å². The third-order valence-corrected chi connectivity index (χ3v) is 3.15. The first-order valence-electron chi connectivity index (χ1n) is 5.32. The van der Waals surface area contributed by atoms with E-state index in [0.717, 1.165) is 11.3 Å². The Kier molecular flexibility index (Phi) is 3.94. The van der Waals surface area contributed by atoms with Gasteiger partial charge in [-0.05, 0) is 25.1 Å². The van der Waals surface area contributed by atoms with Crippen LogP contribution in [0.25, 0.3) is 11.5 Å². The zero-order valence-corrected chi connectivity index (χ0v) is 11.5. The molecule has 2 rings (SSSR count). The van der Waals surface area contributed by atoms with Crippen LogP contribution in [0.2, 0.25) is 10.0 Å². The van der Waals surface area contributed by atoms with Crippen LogP contribution < -0.4 is 0 Å². The fourth-order valence-corrected chi connectivity index (χ4v) is 2.20. The van der Waals surface area contributed by atoms with Gasteiger partial charge in [0, 0.05) is 23.0 Å². The van der Waals surface area contributed by atoms with E-state index in [0.29, 0.717) is 15.8 Å². The Morgan fingerprint density at radius 3 is 2.67 bits per heavy atom. The number of halogens is 2. The normalized spacial score (nSPS) is 12.2. The molecule has 94 valence electrons. The van der Waals surface area contributed by atoms with E-state index in [-0.39, 0.29) is 0 Å². The molecule has 0 radical (unpaired) electrons. The lowest BCUT2D eigenvalue weighted by molar-refractivity contribution is 0.370. The minimum Gasteiger partial charge on any atom is -0.494 e. The third-order valence-electron chi connectivity index (χ3n) is 2.60. The zero-order chi connectivity index (χ0) is 13.1. The Bertz CT molecular complexity index is 577. The second-order valence-corrected chi connectivity index (χ2v) is 4.56. The molecule has 0 aliphatic heterocycles. The third kappa shape index (κ3) is 2.52.